The molecule has 0 saturated carbocycles. The Morgan fingerprint density at radius 3 is 2.84 bits per heavy atom. The fourth-order valence-electron chi connectivity index (χ4n) is 2.11. The number of methoxy groups -OCH3 is 1. The minimum atomic E-state index is -0.140. The van der Waals surface area contributed by atoms with Gasteiger partial charge in [0.25, 0.3) is 0 Å². The van der Waals surface area contributed by atoms with Gasteiger partial charge in [0.15, 0.2) is 0 Å². The number of amides is 1. The van der Waals surface area contributed by atoms with Crippen molar-refractivity contribution < 1.29 is 9.53 Å². The largest absolute Gasteiger partial charge is 0.495 e. The van der Waals surface area contributed by atoms with Crippen LogP contribution in [0.4, 0.5) is 5.69 Å². The molecule has 0 spiro atoms. The number of aryl methyl sites for hydroxylation is 2. The van der Waals surface area contributed by atoms with E-state index >= 15 is 0 Å². The predicted molar refractivity (Wildman–Crippen MR) is 100 cm³/mol. The molecule has 5 nitrogen and oxygen atoms in total. The molecule has 1 heterocycles. The van der Waals surface area contributed by atoms with E-state index in [4.69, 9.17) is 21.6 Å². The smallest absolute Gasteiger partial charge is 0.225 e. The zero-order chi connectivity index (χ0) is 18.4. The van der Waals surface area contributed by atoms with Crippen molar-refractivity contribution >= 4 is 35.0 Å². The molecule has 1 aromatic heterocycles. The molecule has 1 aromatic carbocycles. The first-order valence-electron chi connectivity index (χ1n) is 7.59. The van der Waals surface area contributed by atoms with Gasteiger partial charge in [0, 0.05) is 29.0 Å². The number of hydrogen-bond acceptors (Lipinski definition) is 5. The standard InChI is InChI=1S/C18H18ClN3O2S/c1-11-8-15(16(24-3)9-14(11)19)22-17(23)6-7-25-18-13(10-20)5-4-12(2)21-18/h4-5,8-9H,6-7H2,1-3H3,(H,22,23). The highest BCUT2D eigenvalue weighted by molar-refractivity contribution is 7.99. The van der Waals surface area contributed by atoms with Crippen LogP contribution in [0.3, 0.4) is 0 Å². The average molecular weight is 376 g/mol. The number of nitriles is 1. The fraction of sp³-hybridized carbons (Fsp3) is 0.278. The third-order valence-corrected chi connectivity index (χ3v) is 4.84. The molecule has 0 unspecified atom stereocenters. The van der Waals surface area contributed by atoms with Crippen LogP contribution in [-0.4, -0.2) is 23.8 Å². The van der Waals surface area contributed by atoms with Crippen LogP contribution in [0.1, 0.15) is 23.2 Å². The Hall–Kier alpha value is -2.23. The minimum absolute atomic E-state index is 0.140. The van der Waals surface area contributed by atoms with Crippen LogP contribution in [0, 0.1) is 25.2 Å². The highest BCUT2D eigenvalue weighted by Gasteiger charge is 2.11. The van der Waals surface area contributed by atoms with Crippen LogP contribution < -0.4 is 10.1 Å². The number of carbonyl (C=O) groups is 1. The molecule has 2 aromatic rings. The van der Waals surface area contributed by atoms with Crippen LogP contribution in [0.2, 0.25) is 5.02 Å². The summed E-state index contributed by atoms with van der Waals surface area (Å²) in [5.41, 5.74) is 2.80. The number of thioether (sulfide) groups is 1. The van der Waals surface area contributed by atoms with E-state index in [1.807, 2.05) is 13.8 Å². The van der Waals surface area contributed by atoms with Gasteiger partial charge in [0.1, 0.15) is 16.8 Å². The molecule has 0 radical (unpaired) electrons. The summed E-state index contributed by atoms with van der Waals surface area (Å²) in [5.74, 6) is 0.897. The molecule has 0 aliphatic carbocycles. The average Bonchev–Trinajstić information content (AvgIpc) is 2.58. The molecular formula is C18H18ClN3O2S. The van der Waals surface area contributed by atoms with E-state index in [-0.39, 0.29) is 12.3 Å². The van der Waals surface area contributed by atoms with Gasteiger partial charge in [0.05, 0.1) is 18.4 Å². The Balaban J connectivity index is 1.97. The maximum absolute atomic E-state index is 12.2. The van der Waals surface area contributed by atoms with E-state index < -0.39 is 0 Å². The van der Waals surface area contributed by atoms with E-state index in [2.05, 4.69) is 16.4 Å². The molecule has 1 amide bonds. The Morgan fingerprint density at radius 2 is 2.16 bits per heavy atom. The van der Waals surface area contributed by atoms with E-state index in [0.717, 1.165) is 11.3 Å². The molecule has 0 atom stereocenters. The normalized spacial score (nSPS) is 10.2. The topological polar surface area (TPSA) is 75.0 Å². The second-order valence-corrected chi connectivity index (χ2v) is 6.86. The Kier molecular flexibility index (Phi) is 6.68. The van der Waals surface area contributed by atoms with Crippen molar-refractivity contribution in [3.05, 3.63) is 46.1 Å². The van der Waals surface area contributed by atoms with Crippen LogP contribution in [0.15, 0.2) is 29.3 Å². The van der Waals surface area contributed by atoms with Crippen molar-refractivity contribution in [2.75, 3.05) is 18.2 Å². The molecule has 7 heteroatoms. The lowest BCUT2D eigenvalue weighted by Crippen LogP contribution is -2.13. The summed E-state index contributed by atoms with van der Waals surface area (Å²) in [5, 5.41) is 13.2. The molecule has 0 bridgehead atoms. The van der Waals surface area contributed by atoms with Crippen LogP contribution >= 0.6 is 23.4 Å². The molecule has 1 N–H and O–H groups in total. The lowest BCUT2D eigenvalue weighted by molar-refractivity contribution is -0.115. The summed E-state index contributed by atoms with van der Waals surface area (Å²) in [6, 6.07) is 9.11. The van der Waals surface area contributed by atoms with Crippen molar-refractivity contribution in [2.24, 2.45) is 0 Å². The van der Waals surface area contributed by atoms with Gasteiger partial charge in [-0.15, -0.1) is 11.8 Å². The van der Waals surface area contributed by atoms with Gasteiger partial charge in [-0.2, -0.15) is 5.26 Å². The number of anilines is 1. The first-order chi connectivity index (χ1) is 11.9. The van der Waals surface area contributed by atoms with Crippen LogP contribution in [-0.2, 0) is 4.79 Å². The first-order valence-corrected chi connectivity index (χ1v) is 8.95. The Bertz CT molecular complexity index is 834. The summed E-state index contributed by atoms with van der Waals surface area (Å²) >= 11 is 7.46. The van der Waals surface area contributed by atoms with Gasteiger partial charge < -0.3 is 10.1 Å². The molecule has 2 rings (SSSR count). The van der Waals surface area contributed by atoms with Crippen molar-refractivity contribution in [3.63, 3.8) is 0 Å². The number of benzene rings is 1. The van der Waals surface area contributed by atoms with Gasteiger partial charge in [-0.3, -0.25) is 4.79 Å². The van der Waals surface area contributed by atoms with E-state index in [0.29, 0.717) is 32.8 Å². The number of carbonyl (C=O) groups excluding carboxylic acids is 1. The highest BCUT2D eigenvalue weighted by atomic mass is 35.5. The number of nitrogens with one attached hydrogen (secondary N) is 1. The molecule has 25 heavy (non-hydrogen) atoms. The summed E-state index contributed by atoms with van der Waals surface area (Å²) in [6.45, 7) is 3.73. The van der Waals surface area contributed by atoms with Crippen LogP contribution in [0.5, 0.6) is 5.75 Å². The van der Waals surface area contributed by atoms with Crippen LogP contribution in [0.25, 0.3) is 0 Å². The highest BCUT2D eigenvalue weighted by Crippen LogP contribution is 2.31. The number of pyridine rings is 1. The summed E-state index contributed by atoms with van der Waals surface area (Å²) in [7, 11) is 1.53. The number of ether oxygens (including phenoxy) is 1. The predicted octanol–water partition coefficient (Wildman–Crippen LogP) is 4.35. The van der Waals surface area contributed by atoms with E-state index in [9.17, 15) is 4.79 Å². The monoisotopic (exact) mass is 375 g/mol. The summed E-state index contributed by atoms with van der Waals surface area (Å²) in [6.07, 6.45) is 0.288. The zero-order valence-electron chi connectivity index (χ0n) is 14.2. The molecule has 0 fully saturated rings. The molecular weight excluding hydrogens is 358 g/mol. The van der Waals surface area contributed by atoms with Gasteiger partial charge in [-0.05, 0) is 37.6 Å². The lowest BCUT2D eigenvalue weighted by atomic mass is 10.2. The second kappa shape index (κ2) is 8.75. The van der Waals surface area contributed by atoms with Crippen molar-refractivity contribution in [1.82, 2.24) is 4.98 Å². The van der Waals surface area contributed by atoms with Crippen molar-refractivity contribution in [3.8, 4) is 11.8 Å². The summed E-state index contributed by atoms with van der Waals surface area (Å²) in [4.78, 5) is 16.5. The summed E-state index contributed by atoms with van der Waals surface area (Å²) < 4.78 is 5.25. The van der Waals surface area contributed by atoms with Gasteiger partial charge in [-0.25, -0.2) is 4.98 Å². The number of hydrogen-bond donors (Lipinski definition) is 1. The maximum atomic E-state index is 12.2. The molecule has 130 valence electrons. The third-order valence-electron chi connectivity index (χ3n) is 3.44. The first kappa shape index (κ1) is 19.1. The number of aromatic nitrogens is 1. The molecule has 0 saturated heterocycles. The Morgan fingerprint density at radius 1 is 1.40 bits per heavy atom. The zero-order valence-corrected chi connectivity index (χ0v) is 15.8. The number of halogens is 1. The maximum Gasteiger partial charge on any atom is 0.225 e. The van der Waals surface area contributed by atoms with Gasteiger partial charge >= 0.3 is 0 Å². The lowest BCUT2D eigenvalue weighted by Gasteiger charge is -2.12. The van der Waals surface area contributed by atoms with E-state index in [1.165, 1.54) is 18.9 Å². The van der Waals surface area contributed by atoms with E-state index in [1.54, 1.807) is 24.3 Å². The molecule has 0 aliphatic heterocycles. The minimum Gasteiger partial charge on any atom is -0.495 e. The number of rotatable bonds is 6. The number of nitrogens with zero attached hydrogens (tertiary/aromatic N) is 2. The van der Waals surface area contributed by atoms with Gasteiger partial charge in [0.2, 0.25) is 5.91 Å². The SMILES string of the molecule is COc1cc(Cl)c(C)cc1NC(=O)CCSc1nc(C)ccc1C#N. The Labute approximate surface area is 156 Å². The third kappa shape index (κ3) is 5.12. The van der Waals surface area contributed by atoms with Gasteiger partial charge in [-0.1, -0.05) is 11.6 Å². The fourth-order valence-corrected chi connectivity index (χ4v) is 3.22. The molecule has 0 aliphatic rings. The van der Waals surface area contributed by atoms with Crippen molar-refractivity contribution in [2.45, 2.75) is 25.3 Å². The van der Waals surface area contributed by atoms with Crippen molar-refractivity contribution in [1.29, 1.82) is 5.26 Å². The quantitative estimate of drug-likeness (QED) is 0.759. The second-order valence-electron chi connectivity index (χ2n) is 5.37.